The maximum atomic E-state index is 11.1. The summed E-state index contributed by atoms with van der Waals surface area (Å²) in [4.78, 5) is 21.4. The zero-order valence-corrected chi connectivity index (χ0v) is 10.6. The lowest BCUT2D eigenvalue weighted by Gasteiger charge is -2.21. The first-order valence-electron chi connectivity index (χ1n) is 6.48. The molecule has 0 aliphatic carbocycles. The number of carbonyl (C=O) groups is 1. The van der Waals surface area contributed by atoms with Gasteiger partial charge in [-0.1, -0.05) is 0 Å². The van der Waals surface area contributed by atoms with Crippen molar-refractivity contribution < 1.29 is 19.6 Å². The van der Waals surface area contributed by atoms with Crippen LogP contribution in [0.4, 0.5) is 11.4 Å². The summed E-state index contributed by atoms with van der Waals surface area (Å²) in [5.74, 6) is -1.18. The maximum Gasteiger partial charge on any atom is 0.335 e. The first-order chi connectivity index (χ1) is 9.54. The van der Waals surface area contributed by atoms with Gasteiger partial charge in [0.25, 0.3) is 5.69 Å². The van der Waals surface area contributed by atoms with Gasteiger partial charge in [-0.25, -0.2) is 4.79 Å². The highest BCUT2D eigenvalue weighted by molar-refractivity contribution is 5.89. The number of carboxylic acids is 1. The van der Waals surface area contributed by atoms with Crippen LogP contribution in [0.3, 0.4) is 0 Å². The molecule has 0 aromatic heterocycles. The van der Waals surface area contributed by atoms with Gasteiger partial charge in [0, 0.05) is 6.07 Å². The van der Waals surface area contributed by atoms with E-state index in [2.05, 4.69) is 5.32 Å². The molecule has 1 aromatic carbocycles. The van der Waals surface area contributed by atoms with Gasteiger partial charge in [0.15, 0.2) is 0 Å². The molecule has 106 valence electrons. The van der Waals surface area contributed by atoms with Gasteiger partial charge in [-0.05, 0) is 31.4 Å². The zero-order valence-electron chi connectivity index (χ0n) is 10.6. The highest BCUT2D eigenvalue weighted by Gasteiger charge is 2.41. The van der Waals surface area contributed by atoms with Crippen molar-refractivity contribution in [1.82, 2.24) is 0 Å². The van der Waals surface area contributed by atoms with Crippen LogP contribution < -0.4 is 5.32 Å². The topological polar surface area (TPSA) is 102 Å². The highest BCUT2D eigenvalue weighted by atomic mass is 16.6. The summed E-state index contributed by atoms with van der Waals surface area (Å²) in [6.45, 7) is 0. The number of benzene rings is 1. The van der Waals surface area contributed by atoms with Crippen LogP contribution in [0.5, 0.6) is 0 Å². The number of aromatic carboxylic acids is 1. The van der Waals surface area contributed by atoms with Gasteiger partial charge >= 0.3 is 5.97 Å². The number of hydrogen-bond donors (Lipinski definition) is 2. The third-order valence-corrected chi connectivity index (χ3v) is 3.89. The molecule has 2 bridgehead atoms. The molecule has 0 spiro atoms. The monoisotopic (exact) mass is 278 g/mol. The van der Waals surface area contributed by atoms with E-state index in [0.717, 1.165) is 25.3 Å². The molecule has 2 aliphatic rings. The summed E-state index contributed by atoms with van der Waals surface area (Å²) in [6, 6.07) is 3.96. The quantitative estimate of drug-likeness (QED) is 0.645. The van der Waals surface area contributed by atoms with Crippen molar-refractivity contribution in [1.29, 1.82) is 0 Å². The normalized spacial score (nSPS) is 27.5. The molecular formula is C13H14N2O5. The van der Waals surface area contributed by atoms with E-state index in [4.69, 9.17) is 9.84 Å². The molecule has 2 N–H and O–H groups in total. The van der Waals surface area contributed by atoms with Crippen molar-refractivity contribution in [2.24, 2.45) is 0 Å². The molecule has 3 rings (SSSR count). The van der Waals surface area contributed by atoms with Crippen LogP contribution in [0, 0.1) is 10.1 Å². The number of nitrogens with zero attached hydrogens (tertiary/aromatic N) is 1. The third kappa shape index (κ3) is 2.20. The summed E-state index contributed by atoms with van der Waals surface area (Å²) in [7, 11) is 0. The minimum Gasteiger partial charge on any atom is -0.478 e. The largest absolute Gasteiger partial charge is 0.478 e. The number of nitro groups is 1. The Morgan fingerprint density at radius 3 is 2.80 bits per heavy atom. The Morgan fingerprint density at radius 2 is 2.25 bits per heavy atom. The van der Waals surface area contributed by atoms with E-state index in [1.54, 1.807) is 0 Å². The summed E-state index contributed by atoms with van der Waals surface area (Å²) in [6.07, 6.45) is 3.18. The highest BCUT2D eigenvalue weighted by Crippen LogP contribution is 2.37. The number of carboxylic acid groups (broad SMARTS) is 1. The van der Waals surface area contributed by atoms with Gasteiger partial charge in [-0.2, -0.15) is 0 Å². The standard InChI is InChI=1S/C13H14N2O5/c16-13(17)7-1-3-9(11(5-7)15(18)19)14-10-6-8-2-4-12(10)20-8/h1,3,5,8,10,12,14H,2,4,6H2,(H,16,17). The van der Waals surface area contributed by atoms with Gasteiger partial charge in [0.1, 0.15) is 5.69 Å². The molecule has 2 heterocycles. The lowest BCUT2D eigenvalue weighted by molar-refractivity contribution is -0.384. The predicted molar refractivity (Wildman–Crippen MR) is 70.0 cm³/mol. The molecule has 20 heavy (non-hydrogen) atoms. The van der Waals surface area contributed by atoms with Crippen LogP contribution in [0.1, 0.15) is 29.6 Å². The Hall–Kier alpha value is -2.15. The molecule has 0 saturated carbocycles. The van der Waals surface area contributed by atoms with E-state index in [1.807, 2.05) is 0 Å². The second kappa shape index (κ2) is 4.75. The third-order valence-electron chi connectivity index (χ3n) is 3.89. The van der Waals surface area contributed by atoms with Crippen LogP contribution in [-0.2, 0) is 4.74 Å². The smallest absolute Gasteiger partial charge is 0.335 e. The Labute approximate surface area is 114 Å². The number of hydrogen-bond acceptors (Lipinski definition) is 5. The lowest BCUT2D eigenvalue weighted by Crippen LogP contribution is -2.30. The van der Waals surface area contributed by atoms with Crippen molar-refractivity contribution in [3.63, 3.8) is 0 Å². The number of rotatable bonds is 4. The molecule has 1 aromatic rings. The minimum atomic E-state index is -1.18. The SMILES string of the molecule is O=C(O)c1ccc(NC2CC3CCC2O3)c([N+](=O)[O-])c1. The van der Waals surface area contributed by atoms with E-state index >= 15 is 0 Å². The summed E-state index contributed by atoms with van der Waals surface area (Å²) < 4.78 is 5.69. The predicted octanol–water partition coefficient (Wildman–Crippen LogP) is 2.02. The van der Waals surface area contributed by atoms with E-state index in [0.29, 0.717) is 5.69 Å². The number of fused-ring (bicyclic) bond motifs is 2. The van der Waals surface area contributed by atoms with Gasteiger partial charge in [0.05, 0.1) is 28.7 Å². The van der Waals surface area contributed by atoms with Crippen LogP contribution in [0.15, 0.2) is 18.2 Å². The van der Waals surface area contributed by atoms with E-state index in [1.165, 1.54) is 12.1 Å². The first-order valence-corrected chi connectivity index (χ1v) is 6.48. The van der Waals surface area contributed by atoms with Crippen molar-refractivity contribution in [2.75, 3.05) is 5.32 Å². The Morgan fingerprint density at radius 1 is 1.45 bits per heavy atom. The maximum absolute atomic E-state index is 11.1. The van der Waals surface area contributed by atoms with Crippen LogP contribution in [0.2, 0.25) is 0 Å². The number of nitro benzene ring substituents is 1. The van der Waals surface area contributed by atoms with Crippen molar-refractivity contribution in [3.8, 4) is 0 Å². The van der Waals surface area contributed by atoms with E-state index in [9.17, 15) is 14.9 Å². The molecular weight excluding hydrogens is 264 g/mol. The summed E-state index contributed by atoms with van der Waals surface area (Å²) >= 11 is 0. The van der Waals surface area contributed by atoms with Crippen molar-refractivity contribution >= 4 is 17.3 Å². The molecule has 2 fully saturated rings. The molecule has 2 saturated heterocycles. The minimum absolute atomic E-state index is 0.0585. The number of nitrogens with one attached hydrogen (secondary N) is 1. The van der Waals surface area contributed by atoms with Gasteiger partial charge in [-0.3, -0.25) is 10.1 Å². The van der Waals surface area contributed by atoms with Gasteiger partial charge in [0.2, 0.25) is 0 Å². The summed E-state index contributed by atoms with van der Waals surface area (Å²) in [5.41, 5.74) is 0.0419. The molecule has 3 unspecified atom stereocenters. The second-order valence-electron chi connectivity index (χ2n) is 5.15. The lowest BCUT2D eigenvalue weighted by atomic mass is 9.95. The average Bonchev–Trinajstić information content (AvgIpc) is 3.01. The Balaban J connectivity index is 1.85. The molecule has 3 atom stereocenters. The van der Waals surface area contributed by atoms with Crippen LogP contribution in [0.25, 0.3) is 0 Å². The van der Waals surface area contributed by atoms with Crippen LogP contribution in [-0.4, -0.2) is 34.2 Å². The molecule has 0 radical (unpaired) electrons. The fourth-order valence-corrected chi connectivity index (χ4v) is 2.93. The fourth-order valence-electron chi connectivity index (χ4n) is 2.93. The molecule has 0 amide bonds. The van der Waals surface area contributed by atoms with Crippen molar-refractivity contribution in [3.05, 3.63) is 33.9 Å². The number of anilines is 1. The van der Waals surface area contributed by atoms with Crippen LogP contribution >= 0.6 is 0 Å². The number of ether oxygens (including phenoxy) is 1. The van der Waals surface area contributed by atoms with E-state index < -0.39 is 10.9 Å². The summed E-state index contributed by atoms with van der Waals surface area (Å²) in [5, 5.41) is 23.1. The zero-order chi connectivity index (χ0) is 14.3. The Bertz CT molecular complexity index is 574. The molecule has 7 heteroatoms. The first kappa shape index (κ1) is 12.9. The van der Waals surface area contributed by atoms with E-state index in [-0.39, 0.29) is 29.5 Å². The average molecular weight is 278 g/mol. The van der Waals surface area contributed by atoms with Gasteiger partial charge < -0.3 is 15.2 Å². The Kier molecular flexibility index (Phi) is 3.06. The fraction of sp³-hybridized carbons (Fsp3) is 0.462. The molecule has 2 aliphatic heterocycles. The second-order valence-corrected chi connectivity index (χ2v) is 5.15. The van der Waals surface area contributed by atoms with Gasteiger partial charge in [-0.15, -0.1) is 0 Å². The van der Waals surface area contributed by atoms with Crippen molar-refractivity contribution in [2.45, 2.75) is 37.5 Å². The molecule has 7 nitrogen and oxygen atoms in total.